The van der Waals surface area contributed by atoms with Gasteiger partial charge in [0.05, 0.1) is 0 Å². The third-order valence-electron chi connectivity index (χ3n) is 4.43. The van der Waals surface area contributed by atoms with Crippen molar-refractivity contribution in [1.29, 1.82) is 0 Å². The van der Waals surface area contributed by atoms with E-state index in [-0.39, 0.29) is 11.2 Å². The van der Waals surface area contributed by atoms with E-state index < -0.39 is 0 Å². The number of nitrogens with zero attached hydrogens (tertiary/aromatic N) is 1. The van der Waals surface area contributed by atoms with E-state index in [2.05, 4.69) is 37.9 Å². The summed E-state index contributed by atoms with van der Waals surface area (Å²) >= 11 is 5.83. The number of nitrogens with one attached hydrogen (secondary N) is 1. The average molecular weight is 313 g/mol. The highest BCUT2D eigenvalue weighted by Crippen LogP contribution is 2.25. The molecule has 2 rings (SSSR count). The lowest BCUT2D eigenvalue weighted by Crippen LogP contribution is -2.47. The van der Waals surface area contributed by atoms with Crippen LogP contribution in [0.4, 0.5) is 4.39 Å². The molecule has 1 fully saturated rings. The van der Waals surface area contributed by atoms with Crippen molar-refractivity contribution in [2.24, 2.45) is 5.41 Å². The van der Waals surface area contributed by atoms with Crippen molar-refractivity contribution in [3.05, 3.63) is 34.6 Å². The monoisotopic (exact) mass is 312 g/mol. The van der Waals surface area contributed by atoms with Gasteiger partial charge in [0.25, 0.3) is 0 Å². The number of rotatable bonds is 2. The summed E-state index contributed by atoms with van der Waals surface area (Å²) in [5, 5.41) is 4.09. The zero-order valence-electron chi connectivity index (χ0n) is 13.4. The molecule has 0 amide bonds. The van der Waals surface area contributed by atoms with Gasteiger partial charge in [0.2, 0.25) is 0 Å². The van der Waals surface area contributed by atoms with Crippen LogP contribution < -0.4 is 5.32 Å². The molecule has 0 spiro atoms. The molecule has 0 aromatic heterocycles. The van der Waals surface area contributed by atoms with Gasteiger partial charge >= 0.3 is 0 Å². The first-order valence-corrected chi connectivity index (χ1v) is 8.06. The van der Waals surface area contributed by atoms with Gasteiger partial charge < -0.3 is 5.32 Å². The second-order valence-electron chi connectivity index (χ2n) is 7.18. The summed E-state index contributed by atoms with van der Waals surface area (Å²) in [6.45, 7) is 11.6. The van der Waals surface area contributed by atoms with E-state index in [1.165, 1.54) is 6.07 Å². The molecule has 1 heterocycles. The SMILES string of the molecule is CC1CCNC(C(C)(C)C)CN1Cc1ccc(Cl)cc1F. The predicted octanol–water partition coefficient (Wildman–Crippen LogP) is 4.08. The van der Waals surface area contributed by atoms with Crippen molar-refractivity contribution < 1.29 is 4.39 Å². The van der Waals surface area contributed by atoms with Crippen LogP contribution in [-0.4, -0.2) is 30.1 Å². The molecule has 2 atom stereocenters. The molecule has 0 radical (unpaired) electrons. The predicted molar refractivity (Wildman–Crippen MR) is 87.1 cm³/mol. The molecule has 1 N–H and O–H groups in total. The van der Waals surface area contributed by atoms with E-state index >= 15 is 0 Å². The van der Waals surface area contributed by atoms with Crippen LogP contribution in [0.2, 0.25) is 5.02 Å². The first-order valence-electron chi connectivity index (χ1n) is 7.68. The normalized spacial score (nSPS) is 24.9. The first-order chi connectivity index (χ1) is 9.77. The summed E-state index contributed by atoms with van der Waals surface area (Å²) in [6.07, 6.45) is 1.09. The van der Waals surface area contributed by atoms with Crippen LogP contribution >= 0.6 is 11.6 Å². The summed E-state index contributed by atoms with van der Waals surface area (Å²) in [6, 6.07) is 5.83. The Hall–Kier alpha value is -0.640. The zero-order chi connectivity index (χ0) is 15.6. The molecule has 4 heteroatoms. The molecule has 1 aromatic carbocycles. The van der Waals surface area contributed by atoms with Crippen LogP contribution in [0.3, 0.4) is 0 Å². The van der Waals surface area contributed by atoms with Crippen LogP contribution in [0.25, 0.3) is 0 Å². The van der Waals surface area contributed by atoms with Crippen LogP contribution in [-0.2, 0) is 6.54 Å². The summed E-state index contributed by atoms with van der Waals surface area (Å²) in [5.74, 6) is -0.209. The molecule has 0 aliphatic carbocycles. The Bertz CT molecular complexity index is 484. The van der Waals surface area contributed by atoms with Gasteiger partial charge in [0, 0.05) is 35.8 Å². The van der Waals surface area contributed by atoms with E-state index in [0.717, 1.165) is 25.1 Å². The van der Waals surface area contributed by atoms with Crippen LogP contribution in [0.15, 0.2) is 18.2 Å². The second kappa shape index (κ2) is 6.64. The number of benzene rings is 1. The Morgan fingerprint density at radius 1 is 1.38 bits per heavy atom. The molecule has 1 saturated heterocycles. The van der Waals surface area contributed by atoms with Gasteiger partial charge in [0.15, 0.2) is 0 Å². The Kier molecular flexibility index (Phi) is 5.29. The van der Waals surface area contributed by atoms with Crippen molar-refractivity contribution in [1.82, 2.24) is 10.2 Å². The smallest absolute Gasteiger partial charge is 0.129 e. The highest BCUT2D eigenvalue weighted by Gasteiger charge is 2.30. The standard InChI is InChI=1S/C17H26ClFN2/c1-12-7-8-20-16(17(2,3)4)11-21(12)10-13-5-6-14(18)9-15(13)19/h5-6,9,12,16,20H,7-8,10-11H2,1-4H3. The van der Waals surface area contributed by atoms with Gasteiger partial charge in [-0.3, -0.25) is 4.90 Å². The van der Waals surface area contributed by atoms with Crippen molar-refractivity contribution in [2.75, 3.05) is 13.1 Å². The van der Waals surface area contributed by atoms with Gasteiger partial charge in [-0.25, -0.2) is 4.39 Å². The molecule has 21 heavy (non-hydrogen) atoms. The molecule has 1 aromatic rings. The minimum Gasteiger partial charge on any atom is -0.312 e. The molecule has 118 valence electrons. The first kappa shape index (κ1) is 16.7. The molecule has 2 nitrogen and oxygen atoms in total. The van der Waals surface area contributed by atoms with Gasteiger partial charge in [-0.05, 0) is 37.4 Å². The number of hydrogen-bond acceptors (Lipinski definition) is 2. The lowest BCUT2D eigenvalue weighted by molar-refractivity contribution is 0.156. The summed E-state index contributed by atoms with van der Waals surface area (Å²) < 4.78 is 14.0. The zero-order valence-corrected chi connectivity index (χ0v) is 14.2. The lowest BCUT2D eigenvalue weighted by Gasteiger charge is -2.35. The molecule has 0 saturated carbocycles. The number of hydrogen-bond donors (Lipinski definition) is 1. The summed E-state index contributed by atoms with van der Waals surface area (Å²) in [7, 11) is 0. The fourth-order valence-electron chi connectivity index (χ4n) is 2.80. The van der Waals surface area contributed by atoms with E-state index in [1.807, 2.05) is 0 Å². The van der Waals surface area contributed by atoms with E-state index in [9.17, 15) is 4.39 Å². The Labute approximate surface area is 132 Å². The van der Waals surface area contributed by atoms with Crippen molar-refractivity contribution >= 4 is 11.6 Å². The maximum Gasteiger partial charge on any atom is 0.129 e. The lowest BCUT2D eigenvalue weighted by atomic mass is 9.86. The maximum atomic E-state index is 14.0. The minimum absolute atomic E-state index is 0.195. The Balaban J connectivity index is 2.15. The highest BCUT2D eigenvalue weighted by atomic mass is 35.5. The van der Waals surface area contributed by atoms with Gasteiger partial charge in [-0.15, -0.1) is 0 Å². The van der Waals surface area contributed by atoms with Gasteiger partial charge in [0.1, 0.15) is 5.82 Å². The fraction of sp³-hybridized carbons (Fsp3) is 0.647. The van der Waals surface area contributed by atoms with E-state index in [0.29, 0.717) is 23.7 Å². The minimum atomic E-state index is -0.209. The summed E-state index contributed by atoms with van der Waals surface area (Å²) in [4.78, 5) is 2.38. The average Bonchev–Trinajstić information content (AvgIpc) is 2.55. The number of halogens is 2. The molecule has 1 aliphatic heterocycles. The fourth-order valence-corrected chi connectivity index (χ4v) is 2.96. The third kappa shape index (κ3) is 4.41. The molecular weight excluding hydrogens is 287 g/mol. The Morgan fingerprint density at radius 3 is 2.71 bits per heavy atom. The van der Waals surface area contributed by atoms with E-state index in [1.54, 1.807) is 12.1 Å². The summed E-state index contributed by atoms with van der Waals surface area (Å²) in [5.41, 5.74) is 0.918. The van der Waals surface area contributed by atoms with Crippen molar-refractivity contribution in [3.63, 3.8) is 0 Å². The second-order valence-corrected chi connectivity index (χ2v) is 7.61. The highest BCUT2D eigenvalue weighted by molar-refractivity contribution is 6.30. The van der Waals surface area contributed by atoms with Gasteiger partial charge in [-0.1, -0.05) is 38.4 Å². The molecule has 2 unspecified atom stereocenters. The third-order valence-corrected chi connectivity index (χ3v) is 4.66. The van der Waals surface area contributed by atoms with Crippen molar-refractivity contribution in [3.8, 4) is 0 Å². The molecule has 0 bridgehead atoms. The maximum absolute atomic E-state index is 14.0. The van der Waals surface area contributed by atoms with Crippen molar-refractivity contribution in [2.45, 2.75) is 52.7 Å². The molecule has 1 aliphatic rings. The van der Waals surface area contributed by atoms with Crippen LogP contribution in [0, 0.1) is 11.2 Å². The van der Waals surface area contributed by atoms with Crippen LogP contribution in [0.5, 0.6) is 0 Å². The largest absolute Gasteiger partial charge is 0.312 e. The van der Waals surface area contributed by atoms with Gasteiger partial charge in [-0.2, -0.15) is 0 Å². The quantitative estimate of drug-likeness (QED) is 0.885. The van der Waals surface area contributed by atoms with Crippen LogP contribution in [0.1, 0.15) is 39.7 Å². The molecular formula is C17H26ClFN2. The topological polar surface area (TPSA) is 15.3 Å². The Morgan fingerprint density at radius 2 is 2.10 bits per heavy atom. The van der Waals surface area contributed by atoms with E-state index in [4.69, 9.17) is 11.6 Å².